The van der Waals surface area contributed by atoms with E-state index in [1.54, 1.807) is 0 Å². The average Bonchev–Trinajstić information content (AvgIpc) is 1.99. The van der Waals surface area contributed by atoms with Gasteiger partial charge in [0.25, 0.3) is 0 Å². The van der Waals surface area contributed by atoms with Crippen LogP contribution >= 0.6 is 0 Å². The number of nitrogens with two attached hydrogens (primary N) is 1. The van der Waals surface area contributed by atoms with E-state index in [4.69, 9.17) is 11.1 Å². The molecule has 0 aliphatic rings. The molecule has 84 valence electrons. The van der Waals surface area contributed by atoms with Crippen molar-refractivity contribution in [1.82, 2.24) is 4.72 Å². The van der Waals surface area contributed by atoms with Crippen LogP contribution in [0.4, 0.5) is 0 Å². The molecule has 0 radical (unpaired) electrons. The van der Waals surface area contributed by atoms with E-state index < -0.39 is 15.6 Å². The van der Waals surface area contributed by atoms with Crippen LogP contribution in [0.1, 0.15) is 13.8 Å². The molecule has 0 rings (SSSR count). The highest BCUT2D eigenvalue weighted by Gasteiger charge is 2.27. The lowest BCUT2D eigenvalue weighted by molar-refractivity contribution is 0.216. The molecule has 0 aliphatic carbocycles. The van der Waals surface area contributed by atoms with Crippen molar-refractivity contribution in [3.63, 3.8) is 0 Å². The number of ether oxygens (including phenoxy) is 1. The zero-order chi connectivity index (χ0) is 11.4. The van der Waals surface area contributed by atoms with E-state index in [2.05, 4.69) is 9.46 Å². The van der Waals surface area contributed by atoms with E-state index in [-0.39, 0.29) is 18.2 Å². The summed E-state index contributed by atoms with van der Waals surface area (Å²) in [4.78, 5) is 0. The fourth-order valence-electron chi connectivity index (χ4n) is 0.688. The van der Waals surface area contributed by atoms with Crippen LogP contribution in [0.5, 0.6) is 0 Å². The zero-order valence-corrected chi connectivity index (χ0v) is 9.44. The van der Waals surface area contributed by atoms with Crippen LogP contribution < -0.4 is 10.5 Å². The lowest BCUT2D eigenvalue weighted by Crippen LogP contribution is -2.53. The number of rotatable bonds is 6. The van der Waals surface area contributed by atoms with Crippen LogP contribution in [-0.2, 0) is 14.8 Å². The number of amidine groups is 1. The Morgan fingerprint density at radius 3 is 2.43 bits per heavy atom. The van der Waals surface area contributed by atoms with Gasteiger partial charge in [0.15, 0.2) is 0 Å². The Labute approximate surface area is 84.4 Å². The molecule has 0 aromatic heterocycles. The van der Waals surface area contributed by atoms with Gasteiger partial charge in [0.1, 0.15) is 5.84 Å². The Kier molecular flexibility index (Phi) is 4.50. The van der Waals surface area contributed by atoms with Gasteiger partial charge < -0.3 is 10.5 Å². The van der Waals surface area contributed by atoms with Gasteiger partial charge in [-0.3, -0.25) is 5.41 Å². The summed E-state index contributed by atoms with van der Waals surface area (Å²) in [6.45, 7) is 3.17. The van der Waals surface area contributed by atoms with Crippen molar-refractivity contribution in [2.24, 2.45) is 5.73 Å². The molecule has 0 spiro atoms. The molecule has 0 aromatic rings. The molecular formula is C7H17N3O3S. The molecule has 0 aromatic carbocycles. The molecule has 0 bridgehead atoms. The van der Waals surface area contributed by atoms with Gasteiger partial charge >= 0.3 is 0 Å². The number of methoxy groups -OCH3 is 1. The van der Waals surface area contributed by atoms with Crippen LogP contribution in [0, 0.1) is 5.41 Å². The summed E-state index contributed by atoms with van der Waals surface area (Å²) < 4.78 is 29.7. The van der Waals surface area contributed by atoms with E-state index in [0.29, 0.717) is 0 Å². The van der Waals surface area contributed by atoms with Crippen molar-refractivity contribution >= 4 is 15.9 Å². The largest absolute Gasteiger partial charge is 0.386 e. The maximum atomic E-state index is 11.4. The standard InChI is InChI=1S/C7H17N3O3S/c1-7(2,6(8)9)10-14(11,12)5-4-13-3/h10H,4-5H2,1-3H3,(H3,8,9). The molecule has 14 heavy (non-hydrogen) atoms. The molecule has 7 heteroatoms. The van der Waals surface area contributed by atoms with E-state index in [1.807, 2.05) is 0 Å². The summed E-state index contributed by atoms with van der Waals surface area (Å²) in [5.74, 6) is -0.362. The predicted molar refractivity (Wildman–Crippen MR) is 54.8 cm³/mol. The van der Waals surface area contributed by atoms with E-state index in [9.17, 15) is 8.42 Å². The first-order valence-corrected chi connectivity index (χ1v) is 5.71. The second kappa shape index (κ2) is 4.72. The number of sulfonamides is 1. The third-order valence-corrected chi connectivity index (χ3v) is 3.17. The Morgan fingerprint density at radius 1 is 1.57 bits per heavy atom. The van der Waals surface area contributed by atoms with Gasteiger partial charge in [0.05, 0.1) is 17.9 Å². The van der Waals surface area contributed by atoms with Gasteiger partial charge in [-0.25, -0.2) is 13.1 Å². The normalized spacial score (nSPS) is 12.8. The van der Waals surface area contributed by atoms with Crippen molar-refractivity contribution in [2.75, 3.05) is 19.5 Å². The molecule has 0 aliphatic heterocycles. The molecule has 0 saturated carbocycles. The quantitative estimate of drug-likeness (QED) is 0.407. The monoisotopic (exact) mass is 223 g/mol. The molecule has 0 saturated heterocycles. The van der Waals surface area contributed by atoms with Gasteiger partial charge in [-0.05, 0) is 13.8 Å². The highest BCUT2D eigenvalue weighted by atomic mass is 32.2. The second-order valence-electron chi connectivity index (χ2n) is 3.45. The summed E-state index contributed by atoms with van der Waals surface area (Å²) in [6, 6.07) is 0. The lowest BCUT2D eigenvalue weighted by Gasteiger charge is -2.24. The van der Waals surface area contributed by atoms with Crippen LogP contribution in [0.15, 0.2) is 0 Å². The first-order chi connectivity index (χ1) is 6.21. The SMILES string of the molecule is COCCS(=O)(=O)NC(C)(C)C(=N)N. The minimum absolute atomic E-state index is 0.114. The van der Waals surface area contributed by atoms with Crippen molar-refractivity contribution < 1.29 is 13.2 Å². The second-order valence-corrected chi connectivity index (χ2v) is 5.29. The Balaban J connectivity index is 4.43. The number of hydrogen-bond donors (Lipinski definition) is 3. The molecule has 0 unspecified atom stereocenters. The lowest BCUT2D eigenvalue weighted by atomic mass is 10.1. The van der Waals surface area contributed by atoms with Gasteiger partial charge in [0, 0.05) is 7.11 Å². The van der Waals surface area contributed by atoms with Crippen molar-refractivity contribution in [2.45, 2.75) is 19.4 Å². The van der Waals surface area contributed by atoms with Crippen LogP contribution in [0.3, 0.4) is 0 Å². The van der Waals surface area contributed by atoms with E-state index >= 15 is 0 Å². The van der Waals surface area contributed by atoms with Gasteiger partial charge in [0.2, 0.25) is 10.0 Å². The Bertz CT molecular complexity index is 297. The summed E-state index contributed by atoms with van der Waals surface area (Å²) in [5, 5.41) is 7.17. The molecule has 0 fully saturated rings. The zero-order valence-electron chi connectivity index (χ0n) is 8.62. The fraction of sp³-hybridized carbons (Fsp3) is 0.857. The molecule has 0 heterocycles. The third-order valence-electron chi connectivity index (χ3n) is 1.64. The molecule has 0 amide bonds. The van der Waals surface area contributed by atoms with Crippen LogP contribution in [0.25, 0.3) is 0 Å². The van der Waals surface area contributed by atoms with Crippen molar-refractivity contribution in [3.8, 4) is 0 Å². The van der Waals surface area contributed by atoms with E-state index in [1.165, 1.54) is 21.0 Å². The van der Waals surface area contributed by atoms with Crippen molar-refractivity contribution in [3.05, 3.63) is 0 Å². The topological polar surface area (TPSA) is 105 Å². The maximum Gasteiger partial charge on any atom is 0.214 e. The fourth-order valence-corrected chi connectivity index (χ4v) is 2.06. The minimum atomic E-state index is -3.44. The average molecular weight is 223 g/mol. The van der Waals surface area contributed by atoms with Gasteiger partial charge in [-0.1, -0.05) is 0 Å². The Hall–Kier alpha value is -0.660. The summed E-state index contributed by atoms with van der Waals surface area (Å²) >= 11 is 0. The number of hydrogen-bond acceptors (Lipinski definition) is 4. The number of nitrogens with one attached hydrogen (secondary N) is 2. The van der Waals surface area contributed by atoms with Gasteiger partial charge in [-0.15, -0.1) is 0 Å². The summed E-state index contributed by atoms with van der Waals surface area (Å²) in [6.07, 6.45) is 0. The minimum Gasteiger partial charge on any atom is -0.386 e. The van der Waals surface area contributed by atoms with Gasteiger partial charge in [-0.2, -0.15) is 0 Å². The first kappa shape index (κ1) is 13.3. The molecule has 6 nitrogen and oxygen atoms in total. The van der Waals surface area contributed by atoms with Crippen molar-refractivity contribution in [1.29, 1.82) is 5.41 Å². The smallest absolute Gasteiger partial charge is 0.214 e. The molecule has 4 N–H and O–H groups in total. The predicted octanol–water partition coefficient (Wildman–Crippen LogP) is -0.733. The van der Waals surface area contributed by atoms with Crippen LogP contribution in [-0.4, -0.2) is 39.3 Å². The summed E-state index contributed by atoms with van der Waals surface area (Å²) in [7, 11) is -2.02. The highest BCUT2D eigenvalue weighted by Crippen LogP contribution is 2.03. The van der Waals surface area contributed by atoms with Crippen LogP contribution in [0.2, 0.25) is 0 Å². The maximum absolute atomic E-state index is 11.4. The van der Waals surface area contributed by atoms with E-state index in [0.717, 1.165) is 0 Å². The highest BCUT2D eigenvalue weighted by molar-refractivity contribution is 7.89. The molecular weight excluding hydrogens is 206 g/mol. The Morgan fingerprint density at radius 2 is 2.07 bits per heavy atom. The molecule has 0 atom stereocenters. The third kappa shape index (κ3) is 4.54. The summed E-state index contributed by atoms with van der Waals surface area (Å²) in [5.41, 5.74) is 4.18. The first-order valence-electron chi connectivity index (χ1n) is 4.06.